The maximum Gasteiger partial charge on any atom is 0.315 e. The maximum absolute atomic E-state index is 11.6. The molecule has 0 spiro atoms. The van der Waals surface area contributed by atoms with E-state index < -0.39 is 17.9 Å². The fourth-order valence-corrected chi connectivity index (χ4v) is 3.43. The molecule has 0 saturated carbocycles. The second-order valence-electron chi connectivity index (χ2n) is 4.67. The topological polar surface area (TPSA) is 87.7 Å². The molecule has 2 fully saturated rings. The number of ether oxygens (including phenoxy) is 1. The lowest BCUT2D eigenvalue weighted by Crippen LogP contribution is -2.48. The Morgan fingerprint density at radius 3 is 2.89 bits per heavy atom. The number of rotatable bonds is 4. The Morgan fingerprint density at radius 2 is 2.22 bits per heavy atom. The summed E-state index contributed by atoms with van der Waals surface area (Å²) in [5.74, 6) is 1.22. The van der Waals surface area contributed by atoms with Gasteiger partial charge in [-0.2, -0.15) is 11.8 Å². The van der Waals surface area contributed by atoms with E-state index >= 15 is 0 Å². The molecule has 2 heterocycles. The van der Waals surface area contributed by atoms with Crippen molar-refractivity contribution in [2.75, 3.05) is 31.3 Å². The van der Waals surface area contributed by atoms with Crippen LogP contribution in [0.15, 0.2) is 0 Å². The highest BCUT2D eigenvalue weighted by atomic mass is 32.2. The van der Waals surface area contributed by atoms with E-state index in [2.05, 4.69) is 10.6 Å². The number of urea groups is 1. The molecule has 2 saturated heterocycles. The molecular weight excluding hydrogens is 256 g/mol. The van der Waals surface area contributed by atoms with Crippen LogP contribution in [-0.2, 0) is 9.53 Å². The summed E-state index contributed by atoms with van der Waals surface area (Å²) in [6.07, 6.45) is 1.13. The zero-order valence-corrected chi connectivity index (χ0v) is 10.9. The minimum atomic E-state index is -0.926. The third-order valence-electron chi connectivity index (χ3n) is 3.29. The van der Waals surface area contributed by atoms with E-state index in [1.165, 1.54) is 0 Å². The van der Waals surface area contributed by atoms with Crippen LogP contribution in [0.2, 0.25) is 0 Å². The van der Waals surface area contributed by atoms with Crippen LogP contribution in [0, 0.1) is 11.8 Å². The van der Waals surface area contributed by atoms with Crippen LogP contribution in [0.5, 0.6) is 0 Å². The zero-order valence-electron chi connectivity index (χ0n) is 10.1. The second kappa shape index (κ2) is 6.29. The Kier molecular flexibility index (Phi) is 4.71. The summed E-state index contributed by atoms with van der Waals surface area (Å²) in [6.45, 7) is 1.09. The number of nitrogens with one attached hydrogen (secondary N) is 2. The lowest BCUT2D eigenvalue weighted by atomic mass is 10.0. The lowest BCUT2D eigenvalue weighted by molar-refractivity contribution is -0.142. The quantitative estimate of drug-likeness (QED) is 0.678. The average molecular weight is 274 g/mol. The summed E-state index contributed by atoms with van der Waals surface area (Å²) in [4.78, 5) is 22.6. The molecule has 0 radical (unpaired) electrons. The van der Waals surface area contributed by atoms with E-state index in [0.29, 0.717) is 12.5 Å². The molecule has 2 aliphatic rings. The molecule has 0 aromatic carbocycles. The smallest absolute Gasteiger partial charge is 0.315 e. The lowest BCUT2D eigenvalue weighted by Gasteiger charge is -2.17. The fourth-order valence-electron chi connectivity index (χ4n) is 2.14. The Labute approximate surface area is 110 Å². The third-order valence-corrected chi connectivity index (χ3v) is 4.52. The highest BCUT2D eigenvalue weighted by Crippen LogP contribution is 2.22. The zero-order chi connectivity index (χ0) is 13.0. The van der Waals surface area contributed by atoms with Crippen molar-refractivity contribution in [1.82, 2.24) is 10.6 Å². The van der Waals surface area contributed by atoms with Crippen molar-refractivity contribution in [3.8, 4) is 0 Å². The Balaban J connectivity index is 1.71. The minimum absolute atomic E-state index is 0.166. The first-order chi connectivity index (χ1) is 8.66. The monoisotopic (exact) mass is 274 g/mol. The molecule has 0 aromatic heterocycles. The van der Waals surface area contributed by atoms with Crippen LogP contribution in [0.25, 0.3) is 0 Å². The van der Waals surface area contributed by atoms with Crippen molar-refractivity contribution in [3.63, 3.8) is 0 Å². The molecule has 2 amide bonds. The number of thioether (sulfide) groups is 1. The third kappa shape index (κ3) is 3.52. The van der Waals surface area contributed by atoms with Gasteiger partial charge in [-0.1, -0.05) is 0 Å². The van der Waals surface area contributed by atoms with Crippen molar-refractivity contribution < 1.29 is 19.4 Å². The molecule has 0 aliphatic carbocycles. The Hall–Kier alpha value is -0.950. The normalized spacial score (nSPS) is 31.2. The molecule has 6 nitrogen and oxygen atoms in total. The van der Waals surface area contributed by atoms with Gasteiger partial charge in [-0.3, -0.25) is 4.79 Å². The van der Waals surface area contributed by atoms with Crippen LogP contribution in [0.1, 0.15) is 6.42 Å². The fraction of sp³-hybridized carbons (Fsp3) is 0.818. The Morgan fingerprint density at radius 1 is 1.39 bits per heavy atom. The summed E-state index contributed by atoms with van der Waals surface area (Å²) in [5, 5.41) is 14.4. The number of aliphatic carboxylic acids is 1. The van der Waals surface area contributed by atoms with Gasteiger partial charge < -0.3 is 20.5 Å². The van der Waals surface area contributed by atoms with Gasteiger partial charge in [0.25, 0.3) is 0 Å². The largest absolute Gasteiger partial charge is 0.481 e. The maximum atomic E-state index is 11.6. The standard InChI is InChI=1S/C11H18N2O4S/c14-10(15)8-4-17-5-9(8)13-11(16)12-3-7-1-2-18-6-7/h7-9H,1-6H2,(H,14,15)(H2,12,13,16). The molecule has 3 atom stereocenters. The Bertz CT molecular complexity index is 320. The summed E-state index contributed by atoms with van der Waals surface area (Å²) in [5.41, 5.74) is 0. The number of carbonyl (C=O) groups excluding carboxylic acids is 1. The molecule has 3 unspecified atom stereocenters. The van der Waals surface area contributed by atoms with Gasteiger partial charge >= 0.3 is 12.0 Å². The number of hydrogen-bond donors (Lipinski definition) is 3. The molecule has 2 aliphatic heterocycles. The van der Waals surface area contributed by atoms with Gasteiger partial charge in [0, 0.05) is 6.54 Å². The SMILES string of the molecule is O=C(NCC1CCSC1)NC1COCC1C(=O)O. The first-order valence-corrected chi connectivity index (χ1v) is 7.25. The van der Waals surface area contributed by atoms with Crippen LogP contribution in [0.4, 0.5) is 4.79 Å². The van der Waals surface area contributed by atoms with Crippen molar-refractivity contribution >= 4 is 23.8 Å². The summed E-state index contributed by atoms with van der Waals surface area (Å²) in [6, 6.07) is -0.728. The van der Waals surface area contributed by atoms with Gasteiger partial charge in [0.2, 0.25) is 0 Å². The first-order valence-electron chi connectivity index (χ1n) is 6.09. The van der Waals surface area contributed by atoms with Gasteiger partial charge in [0.15, 0.2) is 0 Å². The van der Waals surface area contributed by atoms with Crippen molar-refractivity contribution in [1.29, 1.82) is 0 Å². The highest BCUT2D eigenvalue weighted by Gasteiger charge is 2.35. The van der Waals surface area contributed by atoms with Crippen LogP contribution < -0.4 is 10.6 Å². The van der Waals surface area contributed by atoms with E-state index in [-0.39, 0.29) is 19.2 Å². The van der Waals surface area contributed by atoms with Gasteiger partial charge in [-0.15, -0.1) is 0 Å². The molecule has 3 N–H and O–H groups in total. The molecule has 0 aromatic rings. The van der Waals surface area contributed by atoms with Gasteiger partial charge in [0.1, 0.15) is 5.92 Å². The molecule has 0 bridgehead atoms. The molecule has 102 valence electrons. The predicted molar refractivity (Wildman–Crippen MR) is 67.7 cm³/mol. The summed E-state index contributed by atoms with van der Waals surface area (Å²) in [7, 11) is 0. The second-order valence-corrected chi connectivity index (χ2v) is 5.82. The summed E-state index contributed by atoms with van der Waals surface area (Å²) >= 11 is 1.90. The number of hydrogen-bond acceptors (Lipinski definition) is 4. The van der Waals surface area contributed by atoms with E-state index in [4.69, 9.17) is 9.84 Å². The van der Waals surface area contributed by atoms with E-state index in [0.717, 1.165) is 17.9 Å². The van der Waals surface area contributed by atoms with Gasteiger partial charge in [-0.25, -0.2) is 4.79 Å². The number of carboxylic acid groups (broad SMARTS) is 1. The minimum Gasteiger partial charge on any atom is -0.481 e. The van der Waals surface area contributed by atoms with Crippen molar-refractivity contribution in [2.24, 2.45) is 11.8 Å². The molecular formula is C11H18N2O4S. The van der Waals surface area contributed by atoms with E-state index in [1.54, 1.807) is 0 Å². The molecule has 18 heavy (non-hydrogen) atoms. The highest BCUT2D eigenvalue weighted by molar-refractivity contribution is 7.99. The van der Waals surface area contributed by atoms with Crippen LogP contribution >= 0.6 is 11.8 Å². The number of carboxylic acids is 1. The molecule has 7 heteroatoms. The van der Waals surface area contributed by atoms with Crippen LogP contribution in [0.3, 0.4) is 0 Å². The van der Waals surface area contributed by atoms with E-state index in [1.807, 2.05) is 11.8 Å². The number of carbonyl (C=O) groups is 2. The van der Waals surface area contributed by atoms with Crippen molar-refractivity contribution in [2.45, 2.75) is 12.5 Å². The number of amides is 2. The predicted octanol–water partition coefficient (Wildman–Crippen LogP) is 0.138. The average Bonchev–Trinajstić information content (AvgIpc) is 2.96. The molecule has 2 rings (SSSR count). The van der Waals surface area contributed by atoms with Crippen LogP contribution in [-0.4, -0.2) is 54.4 Å². The van der Waals surface area contributed by atoms with Gasteiger partial charge in [-0.05, 0) is 23.8 Å². The first kappa shape index (κ1) is 13.5. The van der Waals surface area contributed by atoms with Crippen molar-refractivity contribution in [3.05, 3.63) is 0 Å². The van der Waals surface area contributed by atoms with Gasteiger partial charge in [0.05, 0.1) is 19.3 Å². The summed E-state index contributed by atoms with van der Waals surface area (Å²) < 4.78 is 5.08. The van der Waals surface area contributed by atoms with E-state index in [9.17, 15) is 9.59 Å².